The maximum Gasteiger partial charge on any atom is 0.269 e. The number of amides is 1. The predicted molar refractivity (Wildman–Crippen MR) is 111 cm³/mol. The summed E-state index contributed by atoms with van der Waals surface area (Å²) in [4.78, 5) is 29.8. The largest absolute Gasteiger partial charge is 0.368 e. The molecule has 1 aromatic carbocycles. The van der Waals surface area contributed by atoms with Crippen LogP contribution < -0.4 is 4.90 Å². The zero-order chi connectivity index (χ0) is 19.5. The Kier molecular flexibility index (Phi) is 5.62. The topological polar surface area (TPSA) is 66.7 Å². The van der Waals surface area contributed by atoms with Crippen molar-refractivity contribution in [2.75, 3.05) is 31.1 Å². The molecule has 2 aliphatic rings. The van der Waals surface area contributed by atoms with Gasteiger partial charge in [0.1, 0.15) is 0 Å². The van der Waals surface area contributed by atoms with Crippen molar-refractivity contribution in [1.82, 2.24) is 4.90 Å². The van der Waals surface area contributed by atoms with Crippen LogP contribution in [0.2, 0.25) is 0 Å². The van der Waals surface area contributed by atoms with E-state index in [4.69, 9.17) is 0 Å². The van der Waals surface area contributed by atoms with Crippen LogP contribution in [0.4, 0.5) is 11.4 Å². The fourth-order valence-electron chi connectivity index (χ4n) is 4.06. The third-order valence-corrected chi connectivity index (χ3v) is 6.93. The van der Waals surface area contributed by atoms with Gasteiger partial charge >= 0.3 is 0 Å². The van der Waals surface area contributed by atoms with E-state index in [0.717, 1.165) is 36.5 Å². The van der Waals surface area contributed by atoms with Gasteiger partial charge in [-0.05, 0) is 49.4 Å². The number of piperazine rings is 1. The highest BCUT2D eigenvalue weighted by Crippen LogP contribution is 2.30. The van der Waals surface area contributed by atoms with E-state index in [1.807, 2.05) is 4.90 Å². The first-order valence-electron chi connectivity index (χ1n) is 10.0. The minimum atomic E-state index is -0.384. The van der Waals surface area contributed by atoms with E-state index >= 15 is 0 Å². The highest BCUT2D eigenvalue weighted by Gasteiger charge is 2.25. The number of anilines is 1. The number of carbonyl (C=O) groups excluding carboxylic acids is 1. The molecule has 6 nitrogen and oxygen atoms in total. The molecule has 1 fully saturated rings. The number of hydrogen-bond donors (Lipinski definition) is 0. The summed E-state index contributed by atoms with van der Waals surface area (Å²) in [7, 11) is 0. The lowest BCUT2D eigenvalue weighted by molar-refractivity contribution is -0.384. The second-order valence-corrected chi connectivity index (χ2v) is 8.66. The highest BCUT2D eigenvalue weighted by molar-refractivity contribution is 7.14. The summed E-state index contributed by atoms with van der Waals surface area (Å²) in [5.74, 6) is 0.153. The van der Waals surface area contributed by atoms with Crippen molar-refractivity contribution in [1.29, 1.82) is 0 Å². The minimum Gasteiger partial charge on any atom is -0.368 e. The van der Waals surface area contributed by atoms with Gasteiger partial charge in [0.15, 0.2) is 0 Å². The summed E-state index contributed by atoms with van der Waals surface area (Å²) < 4.78 is 0. The Balaban J connectivity index is 1.38. The number of non-ortho nitro benzene ring substituents is 1. The van der Waals surface area contributed by atoms with Gasteiger partial charge < -0.3 is 9.80 Å². The number of nitro benzene ring substituents is 1. The molecule has 0 radical (unpaired) electrons. The molecule has 0 N–H and O–H groups in total. The Labute approximate surface area is 168 Å². The smallest absolute Gasteiger partial charge is 0.269 e. The van der Waals surface area contributed by atoms with Gasteiger partial charge in [0, 0.05) is 48.9 Å². The third-order valence-electron chi connectivity index (χ3n) is 5.70. The second-order valence-electron chi connectivity index (χ2n) is 7.53. The molecule has 0 unspecified atom stereocenters. The van der Waals surface area contributed by atoms with Crippen LogP contribution in [0, 0.1) is 10.1 Å². The molecule has 1 saturated heterocycles. The molecular formula is C21H25N3O3S. The van der Waals surface area contributed by atoms with Gasteiger partial charge in [-0.1, -0.05) is 12.8 Å². The summed E-state index contributed by atoms with van der Waals surface area (Å²) in [5.41, 5.74) is 2.46. The molecule has 4 rings (SSSR count). The van der Waals surface area contributed by atoms with Crippen molar-refractivity contribution < 1.29 is 9.72 Å². The van der Waals surface area contributed by atoms with Gasteiger partial charge in [0.25, 0.3) is 11.6 Å². The van der Waals surface area contributed by atoms with E-state index in [0.29, 0.717) is 13.1 Å². The lowest BCUT2D eigenvalue weighted by Gasteiger charge is -2.35. The van der Waals surface area contributed by atoms with Gasteiger partial charge in [0.2, 0.25) is 0 Å². The zero-order valence-corrected chi connectivity index (χ0v) is 16.7. The first kappa shape index (κ1) is 18.9. The first-order chi connectivity index (χ1) is 13.6. The summed E-state index contributed by atoms with van der Waals surface area (Å²) in [6.07, 6.45) is 7.27. The summed E-state index contributed by atoms with van der Waals surface area (Å²) >= 11 is 1.69. The SMILES string of the molecule is O=C(c1cc2c(s1)CCCCCC2)N1CCN(c2ccc([N+](=O)[O-])cc2)CC1. The van der Waals surface area contributed by atoms with Gasteiger partial charge in [0.05, 0.1) is 9.80 Å². The van der Waals surface area contributed by atoms with E-state index in [2.05, 4.69) is 11.0 Å². The van der Waals surface area contributed by atoms with Crippen molar-refractivity contribution in [3.8, 4) is 0 Å². The number of nitrogens with zero attached hydrogens (tertiary/aromatic N) is 3. The van der Waals surface area contributed by atoms with Crippen LogP contribution in [0.3, 0.4) is 0 Å². The fourth-order valence-corrected chi connectivity index (χ4v) is 5.28. The highest BCUT2D eigenvalue weighted by atomic mass is 32.1. The molecule has 28 heavy (non-hydrogen) atoms. The molecular weight excluding hydrogens is 374 g/mol. The van der Waals surface area contributed by atoms with Crippen LogP contribution in [-0.2, 0) is 12.8 Å². The molecule has 148 valence electrons. The number of rotatable bonds is 3. The van der Waals surface area contributed by atoms with E-state index in [-0.39, 0.29) is 16.5 Å². The van der Waals surface area contributed by atoms with E-state index in [1.54, 1.807) is 23.5 Å². The summed E-state index contributed by atoms with van der Waals surface area (Å²) in [6.45, 7) is 2.85. The van der Waals surface area contributed by atoms with Crippen LogP contribution >= 0.6 is 11.3 Å². The Hall–Kier alpha value is -2.41. The fraction of sp³-hybridized carbons (Fsp3) is 0.476. The van der Waals surface area contributed by atoms with Crippen molar-refractivity contribution in [3.63, 3.8) is 0 Å². The monoisotopic (exact) mass is 399 g/mol. The number of thiophene rings is 1. The lowest BCUT2D eigenvalue weighted by atomic mass is 10.00. The van der Waals surface area contributed by atoms with Crippen LogP contribution in [0.15, 0.2) is 30.3 Å². The van der Waals surface area contributed by atoms with Crippen LogP contribution in [0.1, 0.15) is 45.8 Å². The molecule has 1 aliphatic carbocycles. The van der Waals surface area contributed by atoms with E-state index in [9.17, 15) is 14.9 Å². The second kappa shape index (κ2) is 8.31. The zero-order valence-electron chi connectivity index (χ0n) is 15.9. The van der Waals surface area contributed by atoms with Gasteiger partial charge in [-0.2, -0.15) is 0 Å². The minimum absolute atomic E-state index is 0.103. The van der Waals surface area contributed by atoms with Gasteiger partial charge in [-0.25, -0.2) is 0 Å². The predicted octanol–water partition coefficient (Wildman–Crippen LogP) is 4.28. The number of benzene rings is 1. The molecule has 1 aromatic heterocycles. The Bertz CT molecular complexity index is 829. The van der Waals surface area contributed by atoms with Crippen molar-refractivity contribution in [2.24, 2.45) is 0 Å². The Morgan fingerprint density at radius 3 is 2.32 bits per heavy atom. The molecule has 0 saturated carbocycles. The quantitative estimate of drug-likeness (QED) is 0.571. The molecule has 2 heterocycles. The first-order valence-corrected chi connectivity index (χ1v) is 10.8. The molecule has 1 aliphatic heterocycles. The van der Waals surface area contributed by atoms with Crippen molar-refractivity contribution in [2.45, 2.75) is 38.5 Å². The van der Waals surface area contributed by atoms with Crippen molar-refractivity contribution >= 4 is 28.6 Å². The van der Waals surface area contributed by atoms with Crippen LogP contribution in [0.5, 0.6) is 0 Å². The average Bonchev–Trinajstić information content (AvgIpc) is 3.09. The summed E-state index contributed by atoms with van der Waals surface area (Å²) in [5, 5.41) is 10.8. The normalized spacial score (nSPS) is 17.6. The lowest BCUT2D eigenvalue weighted by Crippen LogP contribution is -2.48. The molecule has 1 amide bonds. The molecule has 7 heteroatoms. The Morgan fingerprint density at radius 2 is 1.64 bits per heavy atom. The maximum atomic E-state index is 13.0. The number of aryl methyl sites for hydroxylation is 2. The average molecular weight is 400 g/mol. The number of carbonyl (C=O) groups is 1. The number of fused-ring (bicyclic) bond motifs is 1. The number of hydrogen-bond acceptors (Lipinski definition) is 5. The van der Waals surface area contributed by atoms with Crippen molar-refractivity contribution in [3.05, 3.63) is 55.8 Å². The molecule has 0 spiro atoms. The van der Waals surface area contributed by atoms with Crippen LogP contribution in [-0.4, -0.2) is 41.9 Å². The third kappa shape index (κ3) is 4.04. The summed E-state index contributed by atoms with van der Waals surface area (Å²) in [6, 6.07) is 8.78. The van der Waals surface area contributed by atoms with E-state index < -0.39 is 0 Å². The standard InChI is InChI=1S/C21H25N3O3S/c25-21(20-15-16-5-3-1-2-4-6-19(16)28-20)23-13-11-22(12-14-23)17-7-9-18(10-8-17)24(26)27/h7-10,15H,1-6,11-14H2. The van der Waals surface area contributed by atoms with Gasteiger partial charge in [-0.15, -0.1) is 11.3 Å². The van der Waals surface area contributed by atoms with Crippen LogP contribution in [0.25, 0.3) is 0 Å². The Morgan fingerprint density at radius 1 is 0.964 bits per heavy atom. The molecule has 0 bridgehead atoms. The maximum absolute atomic E-state index is 13.0. The van der Waals surface area contributed by atoms with E-state index in [1.165, 1.54) is 48.3 Å². The molecule has 2 aromatic rings. The van der Waals surface area contributed by atoms with Gasteiger partial charge in [-0.3, -0.25) is 14.9 Å². The number of nitro groups is 1. The molecule has 0 atom stereocenters.